The van der Waals surface area contributed by atoms with E-state index in [0.29, 0.717) is 0 Å². The summed E-state index contributed by atoms with van der Waals surface area (Å²) in [6, 6.07) is 0. The van der Waals surface area contributed by atoms with E-state index in [9.17, 15) is 0 Å². The van der Waals surface area contributed by atoms with E-state index in [1.165, 1.54) is 57.8 Å². The zero-order valence-electron chi connectivity index (χ0n) is 11.0. The molecule has 0 aliphatic heterocycles. The average Bonchev–Trinajstić information content (AvgIpc) is 2.34. The summed E-state index contributed by atoms with van der Waals surface area (Å²) in [5.41, 5.74) is 0. The Morgan fingerprint density at radius 2 is 1.75 bits per heavy atom. The predicted molar refractivity (Wildman–Crippen MR) is 73.5 cm³/mol. The van der Waals surface area contributed by atoms with Crippen LogP contribution in [0, 0.1) is 11.8 Å². The van der Waals surface area contributed by atoms with Gasteiger partial charge in [-0.1, -0.05) is 38.0 Å². The lowest BCUT2D eigenvalue weighted by molar-refractivity contribution is 0.297. The number of hydrogen-bond acceptors (Lipinski definition) is 0. The zero-order chi connectivity index (χ0) is 11.6. The van der Waals surface area contributed by atoms with Crippen molar-refractivity contribution in [2.75, 3.05) is 0 Å². The lowest BCUT2D eigenvalue weighted by Crippen LogP contribution is -2.12. The van der Waals surface area contributed by atoms with Crippen molar-refractivity contribution in [2.45, 2.75) is 64.7 Å². The van der Waals surface area contributed by atoms with Crippen LogP contribution in [0.5, 0.6) is 0 Å². The average molecular weight is 220 g/mol. The highest BCUT2D eigenvalue weighted by Crippen LogP contribution is 2.31. The molecule has 0 spiro atoms. The third kappa shape index (κ3) is 5.53. The Morgan fingerprint density at radius 3 is 2.38 bits per heavy atom. The molecule has 0 nitrogen and oxygen atoms in total. The van der Waals surface area contributed by atoms with E-state index in [0.717, 1.165) is 11.8 Å². The molecule has 0 saturated heterocycles. The molecule has 0 amide bonds. The fraction of sp³-hybridized carbons (Fsp3) is 0.750. The summed E-state index contributed by atoms with van der Waals surface area (Å²) in [4.78, 5) is 0. The number of unbranched alkanes of at least 4 members (excludes halogenated alkanes) is 2. The van der Waals surface area contributed by atoms with Crippen LogP contribution in [0.3, 0.4) is 0 Å². The van der Waals surface area contributed by atoms with Crippen molar-refractivity contribution in [3.8, 4) is 0 Å². The van der Waals surface area contributed by atoms with E-state index in [-0.39, 0.29) is 0 Å². The molecule has 0 radical (unpaired) electrons. The van der Waals surface area contributed by atoms with Crippen molar-refractivity contribution in [2.24, 2.45) is 11.8 Å². The van der Waals surface area contributed by atoms with Crippen LogP contribution in [0.1, 0.15) is 64.7 Å². The fourth-order valence-corrected chi connectivity index (χ4v) is 2.60. The first-order valence-electron chi connectivity index (χ1n) is 7.14. The first kappa shape index (κ1) is 13.5. The molecule has 1 aliphatic carbocycles. The highest BCUT2D eigenvalue weighted by Gasteiger charge is 2.17. The Hall–Kier alpha value is -0.520. The summed E-state index contributed by atoms with van der Waals surface area (Å²) in [6.45, 7) is 6.16. The van der Waals surface area contributed by atoms with Gasteiger partial charge in [0.1, 0.15) is 0 Å². The van der Waals surface area contributed by atoms with Gasteiger partial charge in [-0.3, -0.25) is 0 Å². The minimum absolute atomic E-state index is 0.816. The Labute approximate surface area is 102 Å². The van der Waals surface area contributed by atoms with Gasteiger partial charge in [-0.15, -0.1) is 6.58 Å². The maximum absolute atomic E-state index is 3.90. The van der Waals surface area contributed by atoms with Crippen LogP contribution in [-0.4, -0.2) is 0 Å². The highest BCUT2D eigenvalue weighted by molar-refractivity contribution is 4.86. The van der Waals surface area contributed by atoms with E-state index in [2.05, 4.69) is 31.7 Å². The maximum Gasteiger partial charge on any atom is -0.0236 e. The monoisotopic (exact) mass is 220 g/mol. The van der Waals surface area contributed by atoms with E-state index in [4.69, 9.17) is 0 Å². The SMILES string of the molecule is C=CC1CCC(CC/C=C/CCCC)CC1. The summed E-state index contributed by atoms with van der Waals surface area (Å²) in [6.07, 6.45) is 19.2. The minimum Gasteiger partial charge on any atom is -0.103 e. The second-order valence-electron chi connectivity index (χ2n) is 5.21. The number of hydrogen-bond donors (Lipinski definition) is 0. The Morgan fingerprint density at radius 1 is 1.06 bits per heavy atom. The molecule has 0 unspecified atom stereocenters. The molecular formula is C16H28. The molecule has 0 heteroatoms. The van der Waals surface area contributed by atoms with Crippen LogP contribution >= 0.6 is 0 Å². The highest BCUT2D eigenvalue weighted by atomic mass is 14.2. The lowest BCUT2D eigenvalue weighted by atomic mass is 9.80. The van der Waals surface area contributed by atoms with E-state index in [1.54, 1.807) is 0 Å². The lowest BCUT2D eigenvalue weighted by Gasteiger charge is -2.26. The van der Waals surface area contributed by atoms with Gasteiger partial charge in [0.05, 0.1) is 0 Å². The molecule has 0 N–H and O–H groups in total. The molecule has 16 heavy (non-hydrogen) atoms. The van der Waals surface area contributed by atoms with Crippen LogP contribution in [0.25, 0.3) is 0 Å². The first-order valence-corrected chi connectivity index (χ1v) is 7.14. The van der Waals surface area contributed by atoms with Gasteiger partial charge in [-0.05, 0) is 56.8 Å². The number of rotatable bonds is 7. The van der Waals surface area contributed by atoms with Crippen molar-refractivity contribution in [3.05, 3.63) is 24.8 Å². The Bertz CT molecular complexity index is 194. The summed E-state index contributed by atoms with van der Waals surface area (Å²) >= 11 is 0. The van der Waals surface area contributed by atoms with Crippen LogP contribution in [0.2, 0.25) is 0 Å². The molecule has 1 aliphatic rings. The van der Waals surface area contributed by atoms with Crippen LogP contribution in [0.15, 0.2) is 24.8 Å². The molecule has 0 aromatic rings. The predicted octanol–water partition coefficient (Wildman–Crippen LogP) is 5.51. The quantitative estimate of drug-likeness (QED) is 0.392. The summed E-state index contributed by atoms with van der Waals surface area (Å²) in [5, 5.41) is 0. The summed E-state index contributed by atoms with van der Waals surface area (Å²) < 4.78 is 0. The van der Waals surface area contributed by atoms with Gasteiger partial charge in [0.2, 0.25) is 0 Å². The van der Waals surface area contributed by atoms with Crippen LogP contribution in [-0.2, 0) is 0 Å². The maximum atomic E-state index is 3.90. The molecule has 1 rings (SSSR count). The van der Waals surface area contributed by atoms with Gasteiger partial charge in [0.25, 0.3) is 0 Å². The van der Waals surface area contributed by atoms with Crippen LogP contribution in [0.4, 0.5) is 0 Å². The van der Waals surface area contributed by atoms with Gasteiger partial charge in [0.15, 0.2) is 0 Å². The standard InChI is InChI=1S/C16H28/c1-3-5-6-7-8-9-10-16-13-11-15(4-2)12-14-16/h4,7-8,15-16H,2-3,5-6,9-14H2,1H3/b8-7+. The van der Waals surface area contributed by atoms with Gasteiger partial charge < -0.3 is 0 Å². The normalized spacial score (nSPS) is 26.1. The van der Waals surface area contributed by atoms with Crippen molar-refractivity contribution in [1.29, 1.82) is 0 Å². The fourth-order valence-electron chi connectivity index (χ4n) is 2.60. The van der Waals surface area contributed by atoms with Gasteiger partial charge in [-0.2, -0.15) is 0 Å². The molecule has 0 aromatic heterocycles. The van der Waals surface area contributed by atoms with Crippen molar-refractivity contribution in [3.63, 3.8) is 0 Å². The third-order valence-corrected chi connectivity index (χ3v) is 3.86. The van der Waals surface area contributed by atoms with Gasteiger partial charge >= 0.3 is 0 Å². The van der Waals surface area contributed by atoms with Crippen LogP contribution < -0.4 is 0 Å². The summed E-state index contributed by atoms with van der Waals surface area (Å²) in [7, 11) is 0. The number of allylic oxidation sites excluding steroid dienone is 3. The molecule has 0 atom stereocenters. The van der Waals surface area contributed by atoms with Crippen molar-refractivity contribution >= 4 is 0 Å². The topological polar surface area (TPSA) is 0 Å². The molecule has 92 valence electrons. The Kier molecular flexibility index (Phi) is 7.29. The van der Waals surface area contributed by atoms with E-state index >= 15 is 0 Å². The van der Waals surface area contributed by atoms with E-state index < -0.39 is 0 Å². The van der Waals surface area contributed by atoms with Crippen molar-refractivity contribution in [1.82, 2.24) is 0 Å². The largest absolute Gasteiger partial charge is 0.103 e. The third-order valence-electron chi connectivity index (χ3n) is 3.86. The molecule has 0 heterocycles. The molecule has 1 fully saturated rings. The zero-order valence-corrected chi connectivity index (χ0v) is 11.0. The second-order valence-corrected chi connectivity index (χ2v) is 5.21. The van der Waals surface area contributed by atoms with Crippen molar-refractivity contribution < 1.29 is 0 Å². The molecular weight excluding hydrogens is 192 g/mol. The minimum atomic E-state index is 0.816. The van der Waals surface area contributed by atoms with E-state index in [1.807, 2.05) is 0 Å². The molecule has 0 bridgehead atoms. The van der Waals surface area contributed by atoms with Gasteiger partial charge in [0, 0.05) is 0 Å². The second kappa shape index (κ2) is 8.61. The summed E-state index contributed by atoms with van der Waals surface area (Å²) in [5.74, 6) is 1.81. The van der Waals surface area contributed by atoms with Gasteiger partial charge in [-0.25, -0.2) is 0 Å². The first-order chi connectivity index (χ1) is 7.86. The Balaban J connectivity index is 2.01. The smallest absolute Gasteiger partial charge is 0.0236 e. The molecule has 1 saturated carbocycles. The molecule has 0 aromatic carbocycles.